The third-order valence-electron chi connectivity index (χ3n) is 15.7. The van der Waals surface area contributed by atoms with Gasteiger partial charge in [-0.15, -0.1) is 0 Å². The van der Waals surface area contributed by atoms with Crippen molar-refractivity contribution in [1.29, 1.82) is 0 Å². The van der Waals surface area contributed by atoms with E-state index in [0.717, 1.165) is 28.5 Å². The van der Waals surface area contributed by atoms with E-state index < -0.39 is 144 Å². The van der Waals surface area contributed by atoms with Gasteiger partial charge >= 0.3 is 0 Å². The van der Waals surface area contributed by atoms with E-state index in [4.69, 9.17) is 17.2 Å². The molecule has 0 spiro atoms. The van der Waals surface area contributed by atoms with Crippen LogP contribution in [0.1, 0.15) is 89.0 Å². The summed E-state index contributed by atoms with van der Waals surface area (Å²) >= 11 is 0. The number of benzene rings is 2. The molecule has 32 heteroatoms. The number of aromatic nitrogens is 3. The van der Waals surface area contributed by atoms with Crippen LogP contribution in [0.2, 0.25) is 0 Å². The van der Waals surface area contributed by atoms with Crippen LogP contribution in [0, 0.1) is 5.92 Å². The van der Waals surface area contributed by atoms with Crippen molar-refractivity contribution in [2.24, 2.45) is 28.1 Å². The van der Waals surface area contributed by atoms with Crippen molar-refractivity contribution in [3.63, 3.8) is 0 Å². The largest absolute Gasteiger partial charge is 0.370 e. The van der Waals surface area contributed by atoms with Gasteiger partial charge in [0.15, 0.2) is 5.96 Å². The molecular weight excluding hydrogens is 1230 g/mol. The van der Waals surface area contributed by atoms with Crippen molar-refractivity contribution in [3.05, 3.63) is 90.1 Å². The Labute approximate surface area is 538 Å². The highest BCUT2D eigenvalue weighted by molar-refractivity contribution is 8.76. The molecule has 2 bridgehead atoms. The van der Waals surface area contributed by atoms with E-state index in [1.54, 1.807) is 68.6 Å². The summed E-state index contributed by atoms with van der Waals surface area (Å²) in [4.78, 5) is 188. The molecule has 5 heterocycles. The van der Waals surface area contributed by atoms with Gasteiger partial charge in [0.25, 0.3) is 0 Å². The van der Waals surface area contributed by atoms with Gasteiger partial charge in [0, 0.05) is 86.3 Å². The fourth-order valence-electron chi connectivity index (χ4n) is 10.9. The van der Waals surface area contributed by atoms with Crippen LogP contribution in [0.25, 0.3) is 10.9 Å². The van der Waals surface area contributed by atoms with Crippen LogP contribution in [-0.4, -0.2) is 188 Å². The monoisotopic (exact) mass is 1310 g/mol. The summed E-state index contributed by atoms with van der Waals surface area (Å²) in [6.07, 6.45) is 3.96. The zero-order valence-electron chi connectivity index (χ0n) is 51.4. The van der Waals surface area contributed by atoms with Gasteiger partial charge in [-0.05, 0) is 68.1 Å². The quantitative estimate of drug-likeness (QED) is 0.0240. The number of carbonyl (C=O) groups is 12. The SMILES string of the molecule is CC(=O)N[C@@H]1CSSC[C@H]2NC(=O)[C@@H](Cc3c[nH]c4ccccc34)NC(=O)[C@H](CCCN=C(N)N)NC(=O)[C@H](Cc3ccccc3)NC(=O)[C@H](Cc3cnc[nH]3)NC(=O)[C@@H](CC(=O)NCCCC[C@H](C(=O)N3CCC[C@@H]3C(=O)N[C@H](C(N)=O)C(C)C)NC2=O)NC1=O. The molecule has 92 heavy (non-hydrogen) atoms. The average molecular weight is 1310 g/mol. The maximum atomic E-state index is 15.3. The number of para-hydroxylation sites is 1. The molecule has 496 valence electrons. The molecular formula is C60H82N18O12S2. The molecule has 0 unspecified atom stereocenters. The van der Waals surface area contributed by atoms with Gasteiger partial charge in [0.2, 0.25) is 70.9 Å². The van der Waals surface area contributed by atoms with E-state index in [2.05, 4.69) is 73.1 Å². The number of hydrogen-bond acceptors (Lipinski definition) is 16. The van der Waals surface area contributed by atoms with E-state index in [0.29, 0.717) is 34.1 Å². The summed E-state index contributed by atoms with van der Waals surface area (Å²) < 4.78 is 0. The number of hydrogen-bond donors (Lipinski definition) is 15. The molecule has 7 rings (SSSR count). The fraction of sp³-hybridized carbons (Fsp3) is 0.500. The first kappa shape index (κ1) is 70.3. The second-order valence-corrected chi connectivity index (χ2v) is 25.7. The van der Waals surface area contributed by atoms with Crippen molar-refractivity contribution in [2.75, 3.05) is 31.1 Å². The average Bonchev–Trinajstić information content (AvgIpc) is 1.67. The van der Waals surface area contributed by atoms with E-state index >= 15 is 14.4 Å². The van der Waals surface area contributed by atoms with Crippen LogP contribution < -0.4 is 70.4 Å². The Morgan fingerprint density at radius 1 is 0.696 bits per heavy atom. The Kier molecular flexibility index (Phi) is 26.2. The maximum Gasteiger partial charge on any atom is 0.245 e. The Bertz CT molecular complexity index is 3310. The molecule has 30 nitrogen and oxygen atoms in total. The summed E-state index contributed by atoms with van der Waals surface area (Å²) in [5, 5.41) is 27.9. The highest BCUT2D eigenvalue weighted by Gasteiger charge is 2.41. The van der Waals surface area contributed by atoms with Crippen LogP contribution in [-0.2, 0) is 76.8 Å². The maximum absolute atomic E-state index is 15.3. The highest BCUT2D eigenvalue weighted by Crippen LogP contribution is 2.26. The summed E-state index contributed by atoms with van der Waals surface area (Å²) in [5.74, 6) is -10.9. The van der Waals surface area contributed by atoms with Gasteiger partial charge < -0.3 is 85.2 Å². The van der Waals surface area contributed by atoms with Crippen LogP contribution in [0.3, 0.4) is 0 Å². The molecule has 2 aromatic carbocycles. The lowest BCUT2D eigenvalue weighted by molar-refractivity contribution is -0.142. The number of amides is 12. The number of aromatic amines is 2. The number of carbonyl (C=O) groups excluding carboxylic acids is 12. The number of guanidine groups is 1. The van der Waals surface area contributed by atoms with E-state index in [-0.39, 0.29) is 94.9 Å². The van der Waals surface area contributed by atoms with Crippen molar-refractivity contribution < 1.29 is 57.5 Å². The van der Waals surface area contributed by atoms with Gasteiger partial charge in [0.05, 0.1) is 12.7 Å². The molecule has 3 aliphatic rings. The first-order valence-corrected chi connectivity index (χ1v) is 33.0. The van der Waals surface area contributed by atoms with Crippen LogP contribution in [0.15, 0.2) is 78.3 Å². The number of imidazole rings is 1. The smallest absolute Gasteiger partial charge is 0.245 e. The van der Waals surface area contributed by atoms with E-state index in [1.165, 1.54) is 17.4 Å². The number of aliphatic imine (C=N–C) groups is 1. The predicted octanol–water partition coefficient (Wildman–Crippen LogP) is -2.43. The summed E-state index contributed by atoms with van der Waals surface area (Å²) in [5.41, 5.74) is 19.1. The lowest BCUT2D eigenvalue weighted by Crippen LogP contribution is -2.61. The molecule has 18 N–H and O–H groups in total. The Balaban J connectivity index is 1.34. The van der Waals surface area contributed by atoms with Gasteiger partial charge in [-0.25, -0.2) is 4.98 Å². The standard InChI is InChI=1S/C60H82N18O12S2/c1-32(2)49(50(61)81)77-58(89)47-19-12-22-78(47)59(90)40-17-9-10-20-65-48(80)26-44-55(86)74-43(25-36-28-64-31-68-36)54(85)72-41(23-34-13-5-4-6-14-34)52(83)70-39(18-11-21-66-60(62)63)51(82)73-42(24-35-27-67-38-16-8-7-15-37(35)38)53(84)76-46(57(88)71-40)30-92-91-29-45(56(87)75-44)69-33(3)79/h4-8,13-16,27-28,31-32,39-47,49,67H,9-12,17-26,29-30H2,1-3H3,(H2,61,81)(H,64,68)(H,65,80)(H,69,79)(H,70,83)(H,71,88)(H,72,85)(H,73,82)(H,74,86)(H,75,87)(H,76,84)(H,77,89)(H4,62,63,66)/t39-,40+,41-,42+,43-,44+,45+,46+,47+,49-/m0/s1. The van der Waals surface area contributed by atoms with Crippen molar-refractivity contribution in [2.45, 2.75) is 152 Å². The fourth-order valence-corrected chi connectivity index (χ4v) is 13.2. The lowest BCUT2D eigenvalue weighted by Gasteiger charge is -2.31. The predicted molar refractivity (Wildman–Crippen MR) is 343 cm³/mol. The minimum atomic E-state index is -1.70. The number of rotatable bonds is 16. The molecule has 10 atom stereocenters. The minimum absolute atomic E-state index is 0.00450. The number of fused-ring (bicyclic) bond motifs is 9. The summed E-state index contributed by atoms with van der Waals surface area (Å²) in [6.45, 7) is 4.61. The molecule has 12 amide bonds. The molecule has 0 radical (unpaired) electrons. The molecule has 3 fully saturated rings. The molecule has 0 aliphatic carbocycles. The number of H-pyrrole nitrogens is 2. The van der Waals surface area contributed by atoms with E-state index in [1.807, 2.05) is 6.07 Å². The second-order valence-electron chi connectivity index (χ2n) is 23.1. The van der Waals surface area contributed by atoms with Crippen LogP contribution in [0.4, 0.5) is 0 Å². The number of nitrogens with zero attached hydrogens (tertiary/aromatic N) is 3. The zero-order valence-corrected chi connectivity index (χ0v) is 53.0. The Morgan fingerprint density at radius 2 is 1.34 bits per heavy atom. The van der Waals surface area contributed by atoms with Crippen LogP contribution >= 0.6 is 21.6 Å². The van der Waals surface area contributed by atoms with Crippen molar-refractivity contribution in [3.8, 4) is 0 Å². The van der Waals surface area contributed by atoms with Gasteiger partial charge in [-0.2, -0.15) is 0 Å². The molecule has 3 aliphatic heterocycles. The van der Waals surface area contributed by atoms with Gasteiger partial charge in [-0.3, -0.25) is 62.5 Å². The topological polar surface area (TPSA) is 463 Å². The van der Waals surface area contributed by atoms with E-state index in [9.17, 15) is 43.2 Å². The lowest BCUT2D eigenvalue weighted by atomic mass is 10.0. The number of primary amides is 1. The minimum Gasteiger partial charge on any atom is -0.370 e. The highest BCUT2D eigenvalue weighted by atomic mass is 33.1. The summed E-state index contributed by atoms with van der Waals surface area (Å²) in [6, 6.07) is 1.71. The Hall–Kier alpha value is -9.20. The van der Waals surface area contributed by atoms with Gasteiger partial charge in [0.1, 0.15) is 60.4 Å². The van der Waals surface area contributed by atoms with Gasteiger partial charge in [-0.1, -0.05) is 84.0 Å². The van der Waals surface area contributed by atoms with Crippen molar-refractivity contribution in [1.82, 2.24) is 73.0 Å². The summed E-state index contributed by atoms with van der Waals surface area (Å²) in [7, 11) is 1.96. The second kappa shape index (κ2) is 34.3. The Morgan fingerprint density at radius 3 is 2.03 bits per heavy atom. The zero-order chi connectivity index (χ0) is 66.4. The third-order valence-corrected chi connectivity index (χ3v) is 18.1. The van der Waals surface area contributed by atoms with Crippen molar-refractivity contribution >= 4 is 109 Å². The number of likely N-dealkylation sites (tertiary alicyclic amines) is 1. The molecule has 3 saturated heterocycles. The number of nitrogens with two attached hydrogens (primary N) is 3. The number of nitrogens with one attached hydrogen (secondary N) is 12. The molecule has 4 aromatic rings. The third kappa shape index (κ3) is 20.7. The first-order valence-electron chi connectivity index (χ1n) is 30.5. The normalized spacial score (nSPS) is 24.2. The first-order chi connectivity index (χ1) is 44.0. The van der Waals surface area contributed by atoms with Crippen LogP contribution in [0.5, 0.6) is 0 Å². The molecule has 2 aromatic heterocycles. The molecule has 0 saturated carbocycles.